The number of aromatic nitrogens is 2. The maximum atomic E-state index is 13.6. The Labute approximate surface area is 127 Å². The van der Waals surface area contributed by atoms with Crippen LogP contribution in [0.5, 0.6) is 5.75 Å². The molecule has 0 unspecified atom stereocenters. The fourth-order valence-electron chi connectivity index (χ4n) is 2.52. The van der Waals surface area contributed by atoms with Gasteiger partial charge in [0, 0.05) is 12.6 Å². The second kappa shape index (κ2) is 5.79. The van der Waals surface area contributed by atoms with Crippen molar-refractivity contribution in [1.29, 1.82) is 0 Å². The Hall–Kier alpha value is -2.37. The van der Waals surface area contributed by atoms with E-state index < -0.39 is 11.8 Å². The molecule has 1 heterocycles. The van der Waals surface area contributed by atoms with Gasteiger partial charge in [0.25, 0.3) is 0 Å². The van der Waals surface area contributed by atoms with Crippen molar-refractivity contribution >= 4 is 5.97 Å². The quantitative estimate of drug-likeness (QED) is 0.922. The van der Waals surface area contributed by atoms with Crippen LogP contribution in [0.2, 0.25) is 0 Å². The van der Waals surface area contributed by atoms with E-state index >= 15 is 0 Å². The number of aryl methyl sites for hydroxylation is 1. The number of hydrogen-bond acceptors (Lipinski definition) is 3. The molecule has 0 spiro atoms. The number of aromatic carboxylic acids is 1. The van der Waals surface area contributed by atoms with Crippen molar-refractivity contribution in [2.75, 3.05) is 6.61 Å². The molecule has 116 valence electrons. The van der Waals surface area contributed by atoms with E-state index in [1.165, 1.54) is 29.3 Å². The Kier molecular flexibility index (Phi) is 3.83. The largest absolute Gasteiger partial charge is 0.493 e. The van der Waals surface area contributed by atoms with Crippen LogP contribution in [-0.4, -0.2) is 27.5 Å². The second-order valence-electron chi connectivity index (χ2n) is 5.59. The van der Waals surface area contributed by atoms with Crippen molar-refractivity contribution in [2.24, 2.45) is 13.0 Å². The minimum Gasteiger partial charge on any atom is -0.493 e. The van der Waals surface area contributed by atoms with Gasteiger partial charge in [-0.25, -0.2) is 9.18 Å². The van der Waals surface area contributed by atoms with Gasteiger partial charge in [-0.15, -0.1) is 0 Å². The maximum Gasteiger partial charge on any atom is 0.356 e. The van der Waals surface area contributed by atoms with Gasteiger partial charge in [0.05, 0.1) is 12.3 Å². The van der Waals surface area contributed by atoms with E-state index in [0.29, 0.717) is 29.5 Å². The third-order valence-electron chi connectivity index (χ3n) is 4.02. The molecule has 2 aromatic rings. The van der Waals surface area contributed by atoms with Gasteiger partial charge in [0.2, 0.25) is 0 Å². The zero-order chi connectivity index (χ0) is 15.7. The topological polar surface area (TPSA) is 64.4 Å². The number of nitrogens with zero attached hydrogens (tertiary/aromatic N) is 2. The average molecular weight is 304 g/mol. The van der Waals surface area contributed by atoms with Crippen molar-refractivity contribution in [3.8, 4) is 17.0 Å². The molecule has 1 aromatic carbocycles. The summed E-state index contributed by atoms with van der Waals surface area (Å²) in [4.78, 5) is 11.0. The molecule has 0 aliphatic heterocycles. The summed E-state index contributed by atoms with van der Waals surface area (Å²) in [6.45, 7) is 0.599. The van der Waals surface area contributed by atoms with Crippen LogP contribution in [-0.2, 0) is 7.05 Å². The lowest BCUT2D eigenvalue weighted by molar-refractivity contribution is 0.0689. The molecule has 0 atom stereocenters. The number of carboxylic acid groups (broad SMARTS) is 1. The van der Waals surface area contributed by atoms with Crippen LogP contribution in [0.4, 0.5) is 4.39 Å². The van der Waals surface area contributed by atoms with Crippen LogP contribution in [0.1, 0.15) is 29.8 Å². The van der Waals surface area contributed by atoms with Gasteiger partial charge in [0.15, 0.2) is 5.69 Å². The zero-order valence-electron chi connectivity index (χ0n) is 12.3. The smallest absolute Gasteiger partial charge is 0.356 e. The van der Waals surface area contributed by atoms with E-state index in [9.17, 15) is 9.18 Å². The Morgan fingerprint density at radius 2 is 2.23 bits per heavy atom. The van der Waals surface area contributed by atoms with Crippen molar-refractivity contribution in [2.45, 2.75) is 19.3 Å². The highest BCUT2D eigenvalue weighted by Gasteiger charge is 2.20. The van der Waals surface area contributed by atoms with Crippen molar-refractivity contribution in [1.82, 2.24) is 9.78 Å². The lowest BCUT2D eigenvalue weighted by atomic mass is 9.86. The second-order valence-corrected chi connectivity index (χ2v) is 5.59. The highest BCUT2D eigenvalue weighted by molar-refractivity contribution is 5.87. The number of ether oxygens (including phenoxy) is 1. The van der Waals surface area contributed by atoms with E-state index in [1.54, 1.807) is 13.1 Å². The Morgan fingerprint density at radius 3 is 2.82 bits per heavy atom. The van der Waals surface area contributed by atoms with E-state index in [0.717, 1.165) is 12.8 Å². The molecule has 1 aliphatic carbocycles. The lowest BCUT2D eigenvalue weighted by Crippen LogP contribution is -2.19. The summed E-state index contributed by atoms with van der Waals surface area (Å²) < 4.78 is 20.8. The number of rotatable bonds is 5. The molecule has 0 radical (unpaired) electrons. The normalized spacial score (nSPS) is 14.6. The van der Waals surface area contributed by atoms with Crippen molar-refractivity contribution in [3.63, 3.8) is 0 Å². The van der Waals surface area contributed by atoms with Crippen LogP contribution >= 0.6 is 0 Å². The number of halogens is 1. The Bertz CT molecular complexity index is 707. The summed E-state index contributed by atoms with van der Waals surface area (Å²) in [6, 6.07) is 5.69. The molecule has 1 aromatic heterocycles. The predicted molar refractivity (Wildman–Crippen MR) is 78.4 cm³/mol. The van der Waals surface area contributed by atoms with Gasteiger partial charge < -0.3 is 9.84 Å². The summed E-state index contributed by atoms with van der Waals surface area (Å²) in [6.07, 6.45) is 3.55. The molecule has 3 rings (SSSR count). The fraction of sp³-hybridized carbons (Fsp3) is 0.375. The Morgan fingerprint density at radius 1 is 1.45 bits per heavy atom. The summed E-state index contributed by atoms with van der Waals surface area (Å²) in [5.41, 5.74) is 0.953. The van der Waals surface area contributed by atoms with Gasteiger partial charge in [-0.3, -0.25) is 4.68 Å². The van der Waals surface area contributed by atoms with Crippen LogP contribution < -0.4 is 4.74 Å². The molecule has 6 heteroatoms. The molecule has 1 fully saturated rings. The predicted octanol–water partition coefficient (Wildman–Crippen LogP) is 3.10. The average Bonchev–Trinajstić information content (AvgIpc) is 2.81. The molecule has 0 amide bonds. The van der Waals surface area contributed by atoms with Crippen LogP contribution in [0.15, 0.2) is 24.3 Å². The number of carbonyl (C=O) groups is 1. The first-order chi connectivity index (χ1) is 10.5. The standard InChI is InChI=1S/C16H17FN2O3/c1-19-14(8-13(18-19)16(20)21)12-7-11(17)5-6-15(12)22-9-10-3-2-4-10/h5-8,10H,2-4,9H2,1H3,(H,20,21). The van der Waals surface area contributed by atoms with Crippen LogP contribution in [0.3, 0.4) is 0 Å². The van der Waals surface area contributed by atoms with Crippen LogP contribution in [0.25, 0.3) is 11.3 Å². The molecule has 1 aliphatic rings. The van der Waals surface area contributed by atoms with Gasteiger partial charge in [0.1, 0.15) is 11.6 Å². The first kappa shape index (κ1) is 14.6. The van der Waals surface area contributed by atoms with Gasteiger partial charge in [-0.2, -0.15) is 5.10 Å². The summed E-state index contributed by atoms with van der Waals surface area (Å²) in [5, 5.41) is 12.9. The minimum atomic E-state index is -1.12. The number of hydrogen-bond donors (Lipinski definition) is 1. The van der Waals surface area contributed by atoms with Gasteiger partial charge in [-0.05, 0) is 43.0 Å². The van der Waals surface area contributed by atoms with E-state index in [4.69, 9.17) is 9.84 Å². The van der Waals surface area contributed by atoms with E-state index in [-0.39, 0.29) is 5.69 Å². The fourth-order valence-corrected chi connectivity index (χ4v) is 2.52. The molecule has 1 saturated carbocycles. The first-order valence-corrected chi connectivity index (χ1v) is 7.24. The summed E-state index contributed by atoms with van der Waals surface area (Å²) in [7, 11) is 1.63. The third-order valence-corrected chi connectivity index (χ3v) is 4.02. The third kappa shape index (κ3) is 2.81. The van der Waals surface area contributed by atoms with Crippen molar-refractivity contribution < 1.29 is 19.0 Å². The molecule has 1 N–H and O–H groups in total. The molecule has 22 heavy (non-hydrogen) atoms. The molecule has 0 saturated heterocycles. The molecule has 0 bridgehead atoms. The maximum absolute atomic E-state index is 13.6. The Balaban J connectivity index is 1.93. The first-order valence-electron chi connectivity index (χ1n) is 7.24. The zero-order valence-corrected chi connectivity index (χ0v) is 12.3. The molecule has 5 nitrogen and oxygen atoms in total. The summed E-state index contributed by atoms with van der Waals surface area (Å²) in [5.74, 6) is -0.411. The highest BCUT2D eigenvalue weighted by atomic mass is 19.1. The van der Waals surface area contributed by atoms with Crippen molar-refractivity contribution in [3.05, 3.63) is 35.8 Å². The van der Waals surface area contributed by atoms with E-state index in [1.807, 2.05) is 0 Å². The van der Waals surface area contributed by atoms with Gasteiger partial charge >= 0.3 is 5.97 Å². The van der Waals surface area contributed by atoms with E-state index in [2.05, 4.69) is 5.10 Å². The molecular weight excluding hydrogens is 287 g/mol. The molecular formula is C16H17FN2O3. The monoisotopic (exact) mass is 304 g/mol. The highest BCUT2D eigenvalue weighted by Crippen LogP contribution is 2.33. The SMILES string of the molecule is Cn1nc(C(=O)O)cc1-c1cc(F)ccc1OCC1CCC1. The lowest BCUT2D eigenvalue weighted by Gasteiger charge is -2.25. The summed E-state index contributed by atoms with van der Waals surface area (Å²) >= 11 is 0. The number of carboxylic acids is 1. The van der Waals surface area contributed by atoms with Gasteiger partial charge in [-0.1, -0.05) is 6.42 Å². The number of benzene rings is 1. The minimum absolute atomic E-state index is 0.0771. The van der Waals surface area contributed by atoms with Crippen LogP contribution in [0, 0.1) is 11.7 Å².